The van der Waals surface area contributed by atoms with Crippen LogP contribution in [0.15, 0.2) is 65.7 Å². The number of aromatic nitrogens is 1. The van der Waals surface area contributed by atoms with Gasteiger partial charge in [0.15, 0.2) is 11.9 Å². The first-order valence-electron chi connectivity index (χ1n) is 10.8. The molecule has 3 aromatic rings. The Bertz CT molecular complexity index is 1330. The van der Waals surface area contributed by atoms with Gasteiger partial charge in [0.25, 0.3) is 10.0 Å². The Labute approximate surface area is 204 Å². The summed E-state index contributed by atoms with van der Waals surface area (Å²) in [5.41, 5.74) is 1.53. The number of anilines is 1. The third kappa shape index (κ3) is 4.94. The molecule has 1 unspecified atom stereocenters. The van der Waals surface area contributed by atoms with Gasteiger partial charge in [-0.2, -0.15) is 4.73 Å². The highest BCUT2D eigenvalue weighted by atomic mass is 35.5. The molecule has 0 spiro atoms. The summed E-state index contributed by atoms with van der Waals surface area (Å²) in [6, 6.07) is 14.0. The maximum absolute atomic E-state index is 13.1. The largest absolute Gasteiger partial charge is 0.618 e. The Morgan fingerprint density at radius 3 is 2.53 bits per heavy atom. The van der Waals surface area contributed by atoms with Gasteiger partial charge < -0.3 is 9.94 Å². The quantitative estimate of drug-likeness (QED) is 0.307. The number of carbonyl (C=O) groups excluding carboxylic acids is 1. The number of ketones is 1. The molecule has 4 rings (SSSR count). The van der Waals surface area contributed by atoms with Crippen LogP contribution in [0, 0.1) is 12.1 Å². The lowest BCUT2D eigenvalue weighted by atomic mass is 9.78. The Morgan fingerprint density at radius 1 is 1.15 bits per heavy atom. The van der Waals surface area contributed by atoms with Crippen LogP contribution in [0.2, 0.25) is 5.02 Å². The highest BCUT2D eigenvalue weighted by Gasteiger charge is 2.30. The van der Waals surface area contributed by atoms with Gasteiger partial charge >= 0.3 is 0 Å². The average molecular weight is 501 g/mol. The summed E-state index contributed by atoms with van der Waals surface area (Å²) >= 11 is 6.09. The van der Waals surface area contributed by atoms with Gasteiger partial charge in [0.05, 0.1) is 22.8 Å². The molecule has 178 valence electrons. The van der Waals surface area contributed by atoms with Gasteiger partial charge in [-0.25, -0.2) is 8.42 Å². The van der Waals surface area contributed by atoms with Crippen molar-refractivity contribution in [2.45, 2.75) is 37.0 Å². The summed E-state index contributed by atoms with van der Waals surface area (Å²) in [5, 5.41) is 12.2. The van der Waals surface area contributed by atoms with E-state index in [0.717, 1.165) is 31.2 Å². The molecule has 2 heterocycles. The van der Waals surface area contributed by atoms with Gasteiger partial charge in [-0.05, 0) is 54.8 Å². The van der Waals surface area contributed by atoms with Crippen LogP contribution < -0.4 is 9.45 Å². The minimum absolute atomic E-state index is 0.0448. The van der Waals surface area contributed by atoms with E-state index >= 15 is 0 Å². The number of ether oxygens (including phenoxy) is 1. The summed E-state index contributed by atoms with van der Waals surface area (Å²) in [7, 11) is -3.99. The van der Waals surface area contributed by atoms with E-state index in [9.17, 15) is 18.4 Å². The van der Waals surface area contributed by atoms with Crippen molar-refractivity contribution in [3.8, 4) is 0 Å². The molecular formula is C25H25ClN2O5S. The van der Waals surface area contributed by atoms with Crippen molar-refractivity contribution in [1.82, 2.24) is 0 Å². The molecule has 0 bridgehead atoms. The second-order valence-corrected chi connectivity index (χ2v) is 10.9. The third-order valence-corrected chi connectivity index (χ3v) is 7.76. The highest BCUT2D eigenvalue weighted by Crippen LogP contribution is 2.33. The molecule has 0 radical (unpaired) electrons. The van der Waals surface area contributed by atoms with Gasteiger partial charge in [0.1, 0.15) is 0 Å². The van der Waals surface area contributed by atoms with Crippen molar-refractivity contribution in [2.24, 2.45) is 0 Å². The Morgan fingerprint density at radius 2 is 1.88 bits per heavy atom. The Hall–Kier alpha value is -2.94. The number of hydrogen-bond donors (Lipinski definition) is 1. The molecule has 0 aliphatic carbocycles. The van der Waals surface area contributed by atoms with Crippen LogP contribution in [0.3, 0.4) is 0 Å². The predicted molar refractivity (Wildman–Crippen MR) is 130 cm³/mol. The summed E-state index contributed by atoms with van der Waals surface area (Å²) in [6.45, 7) is 5.06. The van der Waals surface area contributed by atoms with Gasteiger partial charge in [-0.1, -0.05) is 30.7 Å². The molecule has 9 heteroatoms. The van der Waals surface area contributed by atoms with Gasteiger partial charge in [-0.3, -0.25) is 9.52 Å². The van der Waals surface area contributed by atoms with E-state index in [1.807, 2.05) is 0 Å². The topological polar surface area (TPSA) is 99.4 Å². The number of nitrogens with one attached hydrogen (secondary N) is 1. The molecule has 2 aromatic carbocycles. The summed E-state index contributed by atoms with van der Waals surface area (Å²) in [4.78, 5) is 13.2. The van der Waals surface area contributed by atoms with Gasteiger partial charge in [0, 0.05) is 35.6 Å². The number of sulfonamides is 1. The smallest absolute Gasteiger partial charge is 0.261 e. The van der Waals surface area contributed by atoms with Crippen molar-refractivity contribution in [1.29, 1.82) is 0 Å². The Kier molecular flexibility index (Phi) is 6.66. The first-order valence-corrected chi connectivity index (χ1v) is 12.7. The molecule has 0 amide bonds. The minimum atomic E-state index is -3.99. The number of pyridine rings is 1. The molecule has 1 aliphatic heterocycles. The zero-order valence-corrected chi connectivity index (χ0v) is 20.4. The standard InChI is InChI=1S/C25H25ClN2O5S/c1-17-4-5-18(15-28(17)30)24(29)22-14-20(26)8-11-23(22)27-34(31,32)21-9-6-19(7-10-21)25(2)12-3-13-33-16-25/h4-11,14-15,27H,3,12-13,16H2,1-2H3. The zero-order valence-electron chi connectivity index (χ0n) is 18.9. The molecule has 1 atom stereocenters. The predicted octanol–water partition coefficient (Wildman–Crippen LogP) is 4.38. The number of rotatable bonds is 6. The molecule has 1 saturated heterocycles. The first kappa shape index (κ1) is 24.2. The summed E-state index contributed by atoms with van der Waals surface area (Å²) in [6.07, 6.45) is 3.08. The SMILES string of the molecule is Cc1ccc(C(=O)c2cc(Cl)ccc2NS(=O)(=O)c2ccc(C3(C)CCCOC3)cc2)c[n+]1[O-]. The van der Waals surface area contributed by atoms with Crippen LogP contribution in [-0.4, -0.2) is 27.4 Å². The fraction of sp³-hybridized carbons (Fsp3) is 0.280. The first-order chi connectivity index (χ1) is 16.1. The molecule has 1 fully saturated rings. The lowest BCUT2D eigenvalue weighted by molar-refractivity contribution is -0.612. The molecule has 34 heavy (non-hydrogen) atoms. The number of aryl methyl sites for hydroxylation is 1. The van der Waals surface area contributed by atoms with Crippen molar-refractivity contribution in [2.75, 3.05) is 17.9 Å². The number of carbonyl (C=O) groups is 1. The van der Waals surface area contributed by atoms with Crippen molar-refractivity contribution < 1.29 is 22.7 Å². The number of benzene rings is 2. The van der Waals surface area contributed by atoms with Crippen LogP contribution in [-0.2, 0) is 20.2 Å². The minimum Gasteiger partial charge on any atom is -0.618 e. The molecule has 1 aliphatic rings. The number of halogens is 1. The maximum atomic E-state index is 13.1. The van der Waals surface area contributed by atoms with Crippen LogP contribution in [0.4, 0.5) is 5.69 Å². The molecule has 1 N–H and O–H groups in total. The molecule has 0 saturated carbocycles. The van der Waals surface area contributed by atoms with Gasteiger partial charge in [-0.15, -0.1) is 0 Å². The molecule has 1 aromatic heterocycles. The summed E-state index contributed by atoms with van der Waals surface area (Å²) < 4.78 is 35.0. The molecule has 7 nitrogen and oxygen atoms in total. The fourth-order valence-electron chi connectivity index (χ4n) is 4.04. The fourth-order valence-corrected chi connectivity index (χ4v) is 5.29. The van der Waals surface area contributed by atoms with Crippen molar-refractivity contribution in [3.63, 3.8) is 0 Å². The van der Waals surface area contributed by atoms with Crippen molar-refractivity contribution in [3.05, 3.63) is 93.4 Å². The second kappa shape index (κ2) is 9.37. The second-order valence-electron chi connectivity index (χ2n) is 8.75. The van der Waals surface area contributed by atoms with Crippen LogP contribution in [0.1, 0.15) is 46.9 Å². The van der Waals surface area contributed by atoms with Crippen LogP contribution in [0.25, 0.3) is 0 Å². The maximum Gasteiger partial charge on any atom is 0.261 e. The average Bonchev–Trinajstić information content (AvgIpc) is 2.82. The van der Waals surface area contributed by atoms with E-state index < -0.39 is 15.8 Å². The number of hydrogen-bond acceptors (Lipinski definition) is 5. The Balaban J connectivity index is 1.63. The summed E-state index contributed by atoms with van der Waals surface area (Å²) in [5.74, 6) is -0.523. The highest BCUT2D eigenvalue weighted by molar-refractivity contribution is 7.92. The van der Waals surface area contributed by atoms with E-state index in [-0.39, 0.29) is 32.1 Å². The van der Waals surface area contributed by atoms with E-state index in [0.29, 0.717) is 17.0 Å². The number of nitrogens with zero attached hydrogens (tertiary/aromatic N) is 1. The van der Waals surface area contributed by atoms with Gasteiger partial charge in [0.2, 0.25) is 5.78 Å². The molecular weight excluding hydrogens is 476 g/mol. The van der Waals surface area contributed by atoms with E-state index in [4.69, 9.17) is 16.3 Å². The normalized spacial score (nSPS) is 18.4. The third-order valence-electron chi connectivity index (χ3n) is 6.14. The monoisotopic (exact) mass is 500 g/mol. The van der Waals surface area contributed by atoms with E-state index in [1.54, 1.807) is 31.2 Å². The lowest BCUT2D eigenvalue weighted by Gasteiger charge is -2.34. The zero-order chi connectivity index (χ0) is 24.5. The van der Waals surface area contributed by atoms with Crippen LogP contribution >= 0.6 is 11.6 Å². The van der Waals surface area contributed by atoms with E-state index in [2.05, 4.69) is 11.6 Å². The lowest BCUT2D eigenvalue weighted by Crippen LogP contribution is -2.32. The van der Waals surface area contributed by atoms with Crippen LogP contribution in [0.5, 0.6) is 0 Å². The van der Waals surface area contributed by atoms with Crippen molar-refractivity contribution >= 4 is 33.1 Å². The van der Waals surface area contributed by atoms with E-state index in [1.165, 1.54) is 30.3 Å².